The van der Waals surface area contributed by atoms with E-state index in [2.05, 4.69) is 18.3 Å². The second kappa shape index (κ2) is 6.25. The topological polar surface area (TPSA) is 38.3 Å². The zero-order valence-corrected chi connectivity index (χ0v) is 16.3. The first-order valence-electron chi connectivity index (χ1n) is 10.4. The van der Waals surface area contributed by atoms with Crippen LogP contribution in [0.2, 0.25) is 0 Å². The predicted octanol–water partition coefficient (Wildman–Crippen LogP) is 5.18. The average Bonchev–Trinajstić information content (AvgIpc) is 2.65. The first kappa shape index (κ1) is 17.1. The molecule has 27 heavy (non-hydrogen) atoms. The average molecular weight is 364 g/mol. The lowest BCUT2D eigenvalue weighted by atomic mass is 9.48. The number of carbonyl (C=O) groups excluding carboxylic acids is 1. The number of rotatable bonds is 4. The molecular weight excluding hydrogens is 334 g/mol. The molecule has 4 bridgehead atoms. The predicted molar refractivity (Wildman–Crippen MR) is 108 cm³/mol. The molecule has 0 heterocycles. The number of fused-ring (bicyclic) bond motifs is 1. The highest BCUT2D eigenvalue weighted by Gasteiger charge is 2.53. The van der Waals surface area contributed by atoms with Crippen molar-refractivity contribution in [3.05, 3.63) is 42.0 Å². The summed E-state index contributed by atoms with van der Waals surface area (Å²) in [5.74, 6) is 3.34. The molecule has 0 aliphatic heterocycles. The Kier molecular flexibility index (Phi) is 3.96. The van der Waals surface area contributed by atoms with E-state index in [-0.39, 0.29) is 11.9 Å². The van der Waals surface area contributed by atoms with Gasteiger partial charge in [-0.25, -0.2) is 0 Å². The first-order valence-corrected chi connectivity index (χ1v) is 10.4. The lowest BCUT2D eigenvalue weighted by Crippen LogP contribution is -2.55. The van der Waals surface area contributed by atoms with Crippen LogP contribution in [0.3, 0.4) is 0 Å². The molecule has 0 aromatic heterocycles. The zero-order valence-electron chi connectivity index (χ0n) is 16.3. The van der Waals surface area contributed by atoms with Gasteiger partial charge in [-0.05, 0) is 91.5 Å². The molecule has 1 atom stereocenters. The van der Waals surface area contributed by atoms with Crippen molar-refractivity contribution in [2.75, 3.05) is 7.11 Å². The van der Waals surface area contributed by atoms with Crippen LogP contribution in [-0.2, 0) is 0 Å². The van der Waals surface area contributed by atoms with E-state index in [1.165, 1.54) is 38.5 Å². The third-order valence-electron chi connectivity index (χ3n) is 7.66. The van der Waals surface area contributed by atoms with Crippen molar-refractivity contribution in [1.29, 1.82) is 0 Å². The minimum Gasteiger partial charge on any atom is -0.496 e. The molecule has 0 unspecified atom stereocenters. The molecule has 4 aliphatic carbocycles. The molecule has 0 saturated heterocycles. The number of hydrogen-bond donors (Lipinski definition) is 1. The van der Waals surface area contributed by atoms with E-state index < -0.39 is 0 Å². The van der Waals surface area contributed by atoms with Crippen LogP contribution in [0.15, 0.2) is 36.4 Å². The summed E-state index contributed by atoms with van der Waals surface area (Å²) in [6.07, 6.45) is 8.19. The largest absolute Gasteiger partial charge is 0.496 e. The van der Waals surface area contributed by atoms with Crippen molar-refractivity contribution in [3.63, 3.8) is 0 Å². The Balaban J connectivity index is 1.41. The Bertz CT molecular complexity index is 852. The van der Waals surface area contributed by atoms with Gasteiger partial charge in [0.2, 0.25) is 0 Å². The van der Waals surface area contributed by atoms with Gasteiger partial charge < -0.3 is 10.1 Å². The number of ether oxygens (including phenoxy) is 1. The van der Waals surface area contributed by atoms with Crippen LogP contribution in [0.25, 0.3) is 10.8 Å². The molecule has 1 N–H and O–H groups in total. The number of carbonyl (C=O) groups is 1. The van der Waals surface area contributed by atoms with Crippen molar-refractivity contribution >= 4 is 16.7 Å². The highest BCUT2D eigenvalue weighted by atomic mass is 16.5. The number of benzene rings is 2. The Morgan fingerprint density at radius 2 is 1.59 bits per heavy atom. The standard InChI is InChI=1S/C24H29NO2/c1-15(24-12-16-7-17(13-24)9-18(8-16)14-24)25-23(26)21-10-19-5-3-4-6-20(19)11-22(21)27-2/h3-6,10-11,15-18H,7-9,12-14H2,1-2H3,(H,25,26)/t15-,16?,17?,18?,24?/m1/s1. The fraction of sp³-hybridized carbons (Fsp3) is 0.542. The van der Waals surface area contributed by atoms with Gasteiger partial charge in [0, 0.05) is 6.04 Å². The van der Waals surface area contributed by atoms with Gasteiger partial charge in [-0.2, -0.15) is 0 Å². The Labute approximate surface area is 161 Å². The van der Waals surface area contributed by atoms with E-state index in [0.717, 1.165) is 28.5 Å². The van der Waals surface area contributed by atoms with Crippen LogP contribution in [0.4, 0.5) is 0 Å². The fourth-order valence-electron chi connectivity index (χ4n) is 6.70. The van der Waals surface area contributed by atoms with E-state index in [9.17, 15) is 4.79 Å². The minimum atomic E-state index is 0.000786. The Morgan fingerprint density at radius 1 is 1.04 bits per heavy atom. The quantitative estimate of drug-likeness (QED) is 0.812. The molecule has 3 heteroatoms. The van der Waals surface area contributed by atoms with Gasteiger partial charge in [-0.1, -0.05) is 24.3 Å². The summed E-state index contributed by atoms with van der Waals surface area (Å²) < 4.78 is 5.54. The van der Waals surface area contributed by atoms with Gasteiger partial charge in [0.1, 0.15) is 5.75 Å². The summed E-state index contributed by atoms with van der Waals surface area (Å²) in [6, 6.07) is 12.3. The normalized spacial score (nSPS) is 32.4. The van der Waals surface area contributed by atoms with Crippen LogP contribution < -0.4 is 10.1 Å². The summed E-state index contributed by atoms with van der Waals surface area (Å²) in [6.45, 7) is 2.23. The van der Waals surface area contributed by atoms with Crippen molar-refractivity contribution in [2.24, 2.45) is 23.2 Å². The molecular formula is C24H29NO2. The summed E-state index contributed by atoms with van der Waals surface area (Å²) in [7, 11) is 1.64. The molecule has 2 aromatic carbocycles. The van der Waals surface area contributed by atoms with Crippen LogP contribution in [0, 0.1) is 23.2 Å². The molecule has 142 valence electrons. The monoisotopic (exact) mass is 363 g/mol. The van der Waals surface area contributed by atoms with Gasteiger partial charge in [0.05, 0.1) is 12.7 Å². The Hall–Kier alpha value is -2.03. The number of hydrogen-bond acceptors (Lipinski definition) is 2. The molecule has 4 saturated carbocycles. The molecule has 6 rings (SSSR count). The maximum Gasteiger partial charge on any atom is 0.255 e. The molecule has 2 aromatic rings. The van der Waals surface area contributed by atoms with Crippen molar-refractivity contribution < 1.29 is 9.53 Å². The van der Waals surface area contributed by atoms with E-state index in [1.807, 2.05) is 30.3 Å². The summed E-state index contributed by atoms with van der Waals surface area (Å²) >= 11 is 0. The van der Waals surface area contributed by atoms with E-state index in [1.54, 1.807) is 7.11 Å². The lowest BCUT2D eigenvalue weighted by Gasteiger charge is -2.59. The third kappa shape index (κ3) is 2.83. The molecule has 1 amide bonds. The van der Waals surface area contributed by atoms with Crippen LogP contribution in [0.5, 0.6) is 5.75 Å². The van der Waals surface area contributed by atoms with E-state index >= 15 is 0 Å². The lowest BCUT2D eigenvalue weighted by molar-refractivity contribution is -0.0688. The minimum absolute atomic E-state index is 0.000786. The van der Waals surface area contributed by atoms with E-state index in [4.69, 9.17) is 4.74 Å². The zero-order chi connectivity index (χ0) is 18.6. The highest BCUT2D eigenvalue weighted by Crippen LogP contribution is 2.61. The molecule has 3 nitrogen and oxygen atoms in total. The molecule has 0 spiro atoms. The van der Waals surface area contributed by atoms with Gasteiger partial charge in [-0.15, -0.1) is 0 Å². The molecule has 4 fully saturated rings. The van der Waals surface area contributed by atoms with Crippen molar-refractivity contribution in [2.45, 2.75) is 51.5 Å². The SMILES string of the molecule is COc1cc2ccccc2cc1C(=O)N[C@H](C)C12CC3CC(CC(C3)C1)C2. The summed E-state index contributed by atoms with van der Waals surface area (Å²) in [4.78, 5) is 13.2. The fourth-order valence-corrected chi connectivity index (χ4v) is 6.70. The van der Waals surface area contributed by atoms with Crippen LogP contribution in [0.1, 0.15) is 55.8 Å². The van der Waals surface area contributed by atoms with Gasteiger partial charge >= 0.3 is 0 Å². The summed E-state index contributed by atoms with van der Waals surface area (Å²) in [5.41, 5.74) is 0.960. The molecule has 4 aliphatic rings. The van der Waals surface area contributed by atoms with Crippen molar-refractivity contribution in [3.8, 4) is 5.75 Å². The third-order valence-corrected chi connectivity index (χ3v) is 7.66. The van der Waals surface area contributed by atoms with Crippen LogP contribution >= 0.6 is 0 Å². The van der Waals surface area contributed by atoms with E-state index in [0.29, 0.717) is 16.7 Å². The van der Waals surface area contributed by atoms with Gasteiger partial charge in [0.15, 0.2) is 0 Å². The number of nitrogens with one attached hydrogen (secondary N) is 1. The smallest absolute Gasteiger partial charge is 0.255 e. The van der Waals surface area contributed by atoms with Crippen molar-refractivity contribution in [1.82, 2.24) is 5.32 Å². The summed E-state index contributed by atoms with van der Waals surface area (Å²) in [5, 5.41) is 5.55. The van der Waals surface area contributed by atoms with Gasteiger partial charge in [0.25, 0.3) is 5.91 Å². The second-order valence-corrected chi connectivity index (χ2v) is 9.37. The maximum absolute atomic E-state index is 13.2. The molecule has 0 radical (unpaired) electrons. The second-order valence-electron chi connectivity index (χ2n) is 9.37. The first-order chi connectivity index (χ1) is 13.1. The van der Waals surface area contributed by atoms with Crippen LogP contribution in [-0.4, -0.2) is 19.1 Å². The number of methoxy groups -OCH3 is 1. The van der Waals surface area contributed by atoms with Gasteiger partial charge in [-0.3, -0.25) is 4.79 Å². The number of amides is 1. The Morgan fingerprint density at radius 3 is 2.15 bits per heavy atom. The maximum atomic E-state index is 13.2. The highest BCUT2D eigenvalue weighted by molar-refractivity contribution is 6.01.